The summed E-state index contributed by atoms with van der Waals surface area (Å²) in [6.45, 7) is 4.97. The van der Waals surface area contributed by atoms with Crippen molar-refractivity contribution in [2.24, 2.45) is 0 Å². The minimum absolute atomic E-state index is 0.167. The molecule has 126 valence electrons. The molecule has 0 aromatic heterocycles. The predicted octanol–water partition coefficient (Wildman–Crippen LogP) is 6.35. The number of urea groups is 1. The third-order valence-corrected chi connectivity index (χ3v) is 5.34. The fourth-order valence-electron chi connectivity index (χ4n) is 2.67. The van der Waals surface area contributed by atoms with Crippen molar-refractivity contribution in [3.8, 4) is 0 Å². The molecular weight excluding hydrogens is 420 g/mol. The monoisotopic (exact) mass is 442 g/mol. The summed E-state index contributed by atoms with van der Waals surface area (Å²) >= 11 is 7.09. The van der Waals surface area contributed by atoms with E-state index in [0.717, 1.165) is 21.1 Å². The highest BCUT2D eigenvalue weighted by molar-refractivity contribution is 9.11. The summed E-state index contributed by atoms with van der Waals surface area (Å²) in [6.07, 6.45) is 8.20. The lowest BCUT2D eigenvalue weighted by atomic mass is 9.97. The first-order valence-electron chi connectivity index (χ1n) is 8.19. The van der Waals surface area contributed by atoms with Crippen LogP contribution < -0.4 is 10.6 Å². The topological polar surface area (TPSA) is 41.1 Å². The molecule has 0 saturated heterocycles. The molecule has 0 heterocycles. The van der Waals surface area contributed by atoms with Crippen molar-refractivity contribution in [2.75, 3.05) is 11.9 Å². The summed E-state index contributed by atoms with van der Waals surface area (Å²) in [5, 5.41) is 5.86. The van der Waals surface area contributed by atoms with Crippen molar-refractivity contribution < 1.29 is 4.79 Å². The third-order valence-electron chi connectivity index (χ3n) is 4.09. The van der Waals surface area contributed by atoms with Gasteiger partial charge in [-0.1, -0.05) is 25.5 Å². The van der Waals surface area contributed by atoms with Crippen molar-refractivity contribution in [3.63, 3.8) is 0 Å². The summed E-state index contributed by atoms with van der Waals surface area (Å²) in [6, 6.07) is 3.94. The molecule has 5 heteroatoms. The maximum Gasteiger partial charge on any atom is 0.319 e. The minimum Gasteiger partial charge on any atom is -0.338 e. The molecule has 1 aromatic carbocycles. The number of halogens is 2. The molecule has 2 amide bonds. The van der Waals surface area contributed by atoms with Crippen LogP contribution in [0.4, 0.5) is 10.5 Å². The van der Waals surface area contributed by atoms with E-state index >= 15 is 0 Å². The number of hydrogen-bond acceptors (Lipinski definition) is 1. The van der Waals surface area contributed by atoms with Gasteiger partial charge in [-0.15, -0.1) is 0 Å². The molecule has 0 spiro atoms. The highest BCUT2D eigenvalue weighted by atomic mass is 79.9. The number of anilines is 1. The van der Waals surface area contributed by atoms with Gasteiger partial charge in [0.05, 0.1) is 5.69 Å². The molecule has 23 heavy (non-hydrogen) atoms. The molecule has 3 nitrogen and oxygen atoms in total. The second-order valence-electron chi connectivity index (χ2n) is 6.25. The van der Waals surface area contributed by atoms with E-state index in [4.69, 9.17) is 0 Å². The molecule has 0 radical (unpaired) electrons. The van der Waals surface area contributed by atoms with E-state index in [1.165, 1.54) is 36.8 Å². The van der Waals surface area contributed by atoms with E-state index in [-0.39, 0.29) is 6.03 Å². The van der Waals surface area contributed by atoms with Crippen LogP contribution in [-0.4, -0.2) is 12.6 Å². The van der Waals surface area contributed by atoms with Crippen molar-refractivity contribution in [1.29, 1.82) is 0 Å². The molecule has 0 saturated carbocycles. The second kappa shape index (κ2) is 8.88. The number of carbonyl (C=O) groups is 1. The number of benzene rings is 1. The Hall–Kier alpha value is -0.810. The van der Waals surface area contributed by atoms with Gasteiger partial charge in [-0.25, -0.2) is 4.79 Å². The lowest BCUT2D eigenvalue weighted by Crippen LogP contribution is -2.30. The largest absolute Gasteiger partial charge is 0.338 e. The average Bonchev–Trinajstić information content (AvgIpc) is 2.51. The highest BCUT2D eigenvalue weighted by Gasteiger charge is 2.12. The molecule has 0 fully saturated rings. The van der Waals surface area contributed by atoms with Crippen LogP contribution in [0.25, 0.3) is 0 Å². The molecule has 2 rings (SSSR count). The maximum absolute atomic E-state index is 12.1. The number of amides is 2. The van der Waals surface area contributed by atoms with Crippen molar-refractivity contribution in [3.05, 3.63) is 38.3 Å². The van der Waals surface area contributed by atoms with E-state index in [2.05, 4.69) is 74.5 Å². The SMILES string of the molecule is CC(C)c1cc(Br)c(NC(=O)NCCC2=CCCCC2)c(Br)c1. The lowest BCUT2D eigenvalue weighted by Gasteiger charge is -2.15. The molecule has 0 unspecified atom stereocenters. The van der Waals surface area contributed by atoms with Gasteiger partial charge in [0.2, 0.25) is 0 Å². The van der Waals surface area contributed by atoms with E-state index in [0.29, 0.717) is 12.5 Å². The van der Waals surface area contributed by atoms with Crippen molar-refractivity contribution >= 4 is 43.6 Å². The standard InChI is InChI=1S/C18H24Br2N2O/c1-12(2)14-10-15(19)17(16(20)11-14)22-18(23)21-9-8-13-6-4-3-5-7-13/h6,10-12H,3-5,7-9H2,1-2H3,(H2,21,22,23). The quantitative estimate of drug-likeness (QED) is 0.511. The van der Waals surface area contributed by atoms with Gasteiger partial charge >= 0.3 is 6.03 Å². The Bertz CT molecular complexity index is 574. The summed E-state index contributed by atoms with van der Waals surface area (Å²) < 4.78 is 1.78. The Labute approximate surface area is 155 Å². The van der Waals surface area contributed by atoms with Crippen LogP contribution in [-0.2, 0) is 0 Å². The van der Waals surface area contributed by atoms with Gasteiger partial charge < -0.3 is 10.6 Å². The average molecular weight is 444 g/mol. The lowest BCUT2D eigenvalue weighted by molar-refractivity contribution is 0.252. The minimum atomic E-state index is -0.167. The van der Waals surface area contributed by atoms with E-state index in [1.54, 1.807) is 0 Å². The molecule has 1 aliphatic carbocycles. The van der Waals surface area contributed by atoms with Gasteiger partial charge in [0.15, 0.2) is 0 Å². The van der Waals surface area contributed by atoms with E-state index in [9.17, 15) is 4.79 Å². The van der Waals surface area contributed by atoms with Gasteiger partial charge in [0, 0.05) is 15.5 Å². The van der Waals surface area contributed by atoms with Crippen LogP contribution in [0.3, 0.4) is 0 Å². The Balaban J connectivity index is 1.88. The van der Waals surface area contributed by atoms with Crippen LogP contribution in [0.15, 0.2) is 32.7 Å². The Morgan fingerprint density at radius 1 is 1.22 bits per heavy atom. The summed E-state index contributed by atoms with van der Waals surface area (Å²) in [4.78, 5) is 12.1. The summed E-state index contributed by atoms with van der Waals surface area (Å²) in [5.41, 5.74) is 3.46. The maximum atomic E-state index is 12.1. The first kappa shape index (κ1) is 18.5. The van der Waals surface area contributed by atoms with E-state index < -0.39 is 0 Å². The first-order valence-corrected chi connectivity index (χ1v) is 9.77. The Morgan fingerprint density at radius 3 is 2.48 bits per heavy atom. The molecule has 0 bridgehead atoms. The molecule has 0 atom stereocenters. The van der Waals surface area contributed by atoms with Crippen LogP contribution >= 0.6 is 31.9 Å². The van der Waals surface area contributed by atoms with Crippen LogP contribution in [0, 0.1) is 0 Å². The summed E-state index contributed by atoms with van der Waals surface area (Å²) in [7, 11) is 0. The number of rotatable bonds is 5. The van der Waals surface area contributed by atoms with Crippen LogP contribution in [0.2, 0.25) is 0 Å². The van der Waals surface area contributed by atoms with Gasteiger partial charge in [-0.3, -0.25) is 0 Å². The fourth-order valence-corrected chi connectivity index (χ4v) is 4.09. The molecule has 1 aromatic rings. The Morgan fingerprint density at radius 2 is 1.91 bits per heavy atom. The third kappa shape index (κ3) is 5.64. The van der Waals surface area contributed by atoms with Crippen molar-refractivity contribution in [2.45, 2.75) is 51.9 Å². The van der Waals surface area contributed by atoms with E-state index in [1.807, 2.05) is 0 Å². The van der Waals surface area contributed by atoms with Gasteiger partial charge in [-0.2, -0.15) is 0 Å². The van der Waals surface area contributed by atoms with Crippen LogP contribution in [0.1, 0.15) is 57.4 Å². The molecular formula is C18H24Br2N2O. The van der Waals surface area contributed by atoms with Gasteiger partial charge in [-0.05, 0) is 87.6 Å². The fraction of sp³-hybridized carbons (Fsp3) is 0.500. The number of allylic oxidation sites excluding steroid dienone is 1. The zero-order chi connectivity index (χ0) is 16.8. The van der Waals surface area contributed by atoms with Crippen LogP contribution in [0.5, 0.6) is 0 Å². The normalized spacial score (nSPS) is 14.6. The zero-order valence-electron chi connectivity index (χ0n) is 13.7. The molecule has 2 N–H and O–H groups in total. The number of nitrogens with one attached hydrogen (secondary N) is 2. The van der Waals surface area contributed by atoms with Gasteiger partial charge in [0.25, 0.3) is 0 Å². The number of carbonyl (C=O) groups excluding carboxylic acids is 1. The smallest absolute Gasteiger partial charge is 0.319 e. The summed E-state index contributed by atoms with van der Waals surface area (Å²) in [5.74, 6) is 0.439. The molecule has 1 aliphatic rings. The highest BCUT2D eigenvalue weighted by Crippen LogP contribution is 2.34. The second-order valence-corrected chi connectivity index (χ2v) is 7.96. The zero-order valence-corrected chi connectivity index (χ0v) is 16.9. The molecule has 0 aliphatic heterocycles. The van der Waals surface area contributed by atoms with Gasteiger partial charge in [0.1, 0.15) is 0 Å². The Kier molecular flexibility index (Phi) is 7.15. The number of hydrogen-bond donors (Lipinski definition) is 2. The predicted molar refractivity (Wildman–Crippen MR) is 104 cm³/mol. The van der Waals surface area contributed by atoms with Crippen molar-refractivity contribution in [1.82, 2.24) is 5.32 Å². The first-order chi connectivity index (χ1) is 11.0.